The van der Waals surface area contributed by atoms with E-state index in [2.05, 4.69) is 14.9 Å². The van der Waals surface area contributed by atoms with E-state index in [1.165, 1.54) is 16.2 Å². The smallest absolute Gasteiger partial charge is 0.226 e. The maximum atomic E-state index is 12.9. The van der Waals surface area contributed by atoms with E-state index in [1.54, 1.807) is 0 Å². The maximum Gasteiger partial charge on any atom is 0.226 e. The number of hydrogen-bond acceptors (Lipinski definition) is 6. The first-order valence-electron chi connectivity index (χ1n) is 8.39. The number of carbonyl (C=O) groups is 1. The molecule has 126 valence electrons. The van der Waals surface area contributed by atoms with Gasteiger partial charge in [-0.1, -0.05) is 6.07 Å². The molecule has 1 atom stereocenters. The van der Waals surface area contributed by atoms with Gasteiger partial charge in [-0.25, -0.2) is 9.97 Å². The van der Waals surface area contributed by atoms with E-state index in [4.69, 9.17) is 5.73 Å². The summed E-state index contributed by atoms with van der Waals surface area (Å²) >= 11 is 1.54. The standard InChI is InChI=1S/C17H21N5OS/c18-17-20-13-5-4-12(11-14(13)24-17)16(23)22-9-7-21(8-10-22)15-3-1-2-6-19-15/h1-3,6,12H,4-5,7-11H2,(H2,18,20). The van der Waals surface area contributed by atoms with Gasteiger partial charge in [0.1, 0.15) is 5.82 Å². The van der Waals surface area contributed by atoms with Crippen molar-refractivity contribution in [1.29, 1.82) is 0 Å². The minimum atomic E-state index is 0.0822. The highest BCUT2D eigenvalue weighted by Crippen LogP contribution is 2.32. The van der Waals surface area contributed by atoms with Crippen LogP contribution >= 0.6 is 11.3 Å². The fourth-order valence-electron chi connectivity index (χ4n) is 3.56. The van der Waals surface area contributed by atoms with Crippen LogP contribution in [-0.2, 0) is 17.6 Å². The van der Waals surface area contributed by atoms with E-state index < -0.39 is 0 Å². The Labute approximate surface area is 145 Å². The molecule has 1 aliphatic heterocycles. The molecule has 1 amide bonds. The molecule has 2 N–H and O–H groups in total. The Bertz CT molecular complexity index is 724. The third-order valence-corrected chi connectivity index (χ3v) is 5.82. The van der Waals surface area contributed by atoms with Crippen LogP contribution in [0.1, 0.15) is 17.0 Å². The lowest BCUT2D eigenvalue weighted by molar-refractivity contribution is -0.136. The molecule has 7 heteroatoms. The highest BCUT2D eigenvalue weighted by molar-refractivity contribution is 7.15. The quantitative estimate of drug-likeness (QED) is 0.896. The zero-order chi connectivity index (χ0) is 16.5. The number of rotatable bonds is 2. The van der Waals surface area contributed by atoms with Crippen molar-refractivity contribution < 1.29 is 4.79 Å². The highest BCUT2D eigenvalue weighted by atomic mass is 32.1. The fraction of sp³-hybridized carbons (Fsp3) is 0.471. The number of nitrogens with two attached hydrogens (primary N) is 1. The largest absolute Gasteiger partial charge is 0.375 e. The van der Waals surface area contributed by atoms with Crippen LogP contribution < -0.4 is 10.6 Å². The monoisotopic (exact) mass is 343 g/mol. The van der Waals surface area contributed by atoms with Crippen LogP contribution in [0.15, 0.2) is 24.4 Å². The number of hydrogen-bond donors (Lipinski definition) is 1. The van der Waals surface area contributed by atoms with Gasteiger partial charge in [-0.05, 0) is 31.4 Å². The van der Waals surface area contributed by atoms with E-state index in [9.17, 15) is 4.79 Å². The molecule has 2 aromatic rings. The molecule has 0 saturated carbocycles. The van der Waals surface area contributed by atoms with Crippen molar-refractivity contribution in [3.05, 3.63) is 35.0 Å². The number of piperazine rings is 1. The van der Waals surface area contributed by atoms with Crippen LogP contribution in [0, 0.1) is 5.92 Å². The number of thiazole rings is 1. The SMILES string of the molecule is Nc1nc2c(s1)CC(C(=O)N1CCN(c3ccccn3)CC1)CC2. The average molecular weight is 343 g/mol. The molecule has 1 aliphatic carbocycles. The summed E-state index contributed by atoms with van der Waals surface area (Å²) in [6, 6.07) is 5.95. The van der Waals surface area contributed by atoms with Crippen molar-refractivity contribution in [2.45, 2.75) is 19.3 Å². The lowest BCUT2D eigenvalue weighted by Gasteiger charge is -2.37. The number of pyridine rings is 1. The third-order valence-electron chi connectivity index (χ3n) is 4.87. The van der Waals surface area contributed by atoms with Crippen LogP contribution in [0.4, 0.5) is 10.9 Å². The zero-order valence-corrected chi connectivity index (χ0v) is 14.3. The number of anilines is 2. The Morgan fingerprint density at radius 3 is 2.83 bits per heavy atom. The number of nitrogen functional groups attached to an aromatic ring is 1. The summed E-state index contributed by atoms with van der Waals surface area (Å²) in [6.45, 7) is 3.22. The zero-order valence-electron chi connectivity index (χ0n) is 13.5. The van der Waals surface area contributed by atoms with Crippen LogP contribution in [0.3, 0.4) is 0 Å². The van der Waals surface area contributed by atoms with Gasteiger partial charge in [-0.15, -0.1) is 11.3 Å². The summed E-state index contributed by atoms with van der Waals surface area (Å²) in [4.78, 5) is 27.1. The van der Waals surface area contributed by atoms with Gasteiger partial charge < -0.3 is 15.5 Å². The number of carbonyl (C=O) groups excluding carboxylic acids is 1. The van der Waals surface area contributed by atoms with Crippen LogP contribution in [0.2, 0.25) is 0 Å². The number of amides is 1. The van der Waals surface area contributed by atoms with Crippen molar-refractivity contribution in [1.82, 2.24) is 14.9 Å². The molecule has 1 fully saturated rings. The summed E-state index contributed by atoms with van der Waals surface area (Å²) in [5.41, 5.74) is 6.89. The van der Waals surface area contributed by atoms with Crippen molar-refractivity contribution in [2.24, 2.45) is 5.92 Å². The van der Waals surface area contributed by atoms with E-state index >= 15 is 0 Å². The minimum absolute atomic E-state index is 0.0822. The van der Waals surface area contributed by atoms with Gasteiger partial charge in [-0.2, -0.15) is 0 Å². The van der Waals surface area contributed by atoms with Gasteiger partial charge in [0.25, 0.3) is 0 Å². The molecule has 2 aromatic heterocycles. The fourth-order valence-corrected chi connectivity index (χ4v) is 4.52. The topological polar surface area (TPSA) is 75.3 Å². The molecule has 0 aromatic carbocycles. The highest BCUT2D eigenvalue weighted by Gasteiger charge is 2.31. The number of aromatic nitrogens is 2. The molecule has 4 rings (SSSR count). The van der Waals surface area contributed by atoms with Crippen LogP contribution in [0.5, 0.6) is 0 Å². The minimum Gasteiger partial charge on any atom is -0.375 e. The second-order valence-corrected chi connectivity index (χ2v) is 7.48. The van der Waals surface area contributed by atoms with Gasteiger partial charge in [0.15, 0.2) is 5.13 Å². The maximum absolute atomic E-state index is 12.9. The predicted molar refractivity (Wildman–Crippen MR) is 95.1 cm³/mol. The predicted octanol–water partition coefficient (Wildman–Crippen LogP) is 1.57. The summed E-state index contributed by atoms with van der Waals surface area (Å²) in [5, 5.41) is 0.622. The van der Waals surface area contributed by atoms with E-state index in [0.29, 0.717) is 5.13 Å². The lowest BCUT2D eigenvalue weighted by atomic mass is 9.90. The molecule has 24 heavy (non-hydrogen) atoms. The van der Waals surface area contributed by atoms with Gasteiger partial charge in [0.05, 0.1) is 5.69 Å². The Morgan fingerprint density at radius 2 is 2.08 bits per heavy atom. The molecule has 6 nitrogen and oxygen atoms in total. The first kappa shape index (κ1) is 15.4. The molecule has 0 radical (unpaired) electrons. The number of aryl methyl sites for hydroxylation is 1. The first-order valence-corrected chi connectivity index (χ1v) is 9.21. The molecule has 3 heterocycles. The second-order valence-electron chi connectivity index (χ2n) is 6.36. The summed E-state index contributed by atoms with van der Waals surface area (Å²) in [6.07, 6.45) is 4.36. The van der Waals surface area contributed by atoms with Crippen LogP contribution in [-0.4, -0.2) is 47.0 Å². The van der Waals surface area contributed by atoms with Gasteiger partial charge in [0, 0.05) is 43.2 Å². The summed E-state index contributed by atoms with van der Waals surface area (Å²) in [7, 11) is 0. The Hall–Kier alpha value is -2.15. The summed E-state index contributed by atoms with van der Waals surface area (Å²) in [5.74, 6) is 1.36. The second kappa shape index (κ2) is 6.39. The van der Waals surface area contributed by atoms with E-state index in [1.807, 2.05) is 29.3 Å². The average Bonchev–Trinajstić information content (AvgIpc) is 3.01. The molecule has 1 saturated heterocycles. The molecular formula is C17H21N5OS. The molecule has 1 unspecified atom stereocenters. The van der Waals surface area contributed by atoms with E-state index in [-0.39, 0.29) is 11.8 Å². The first-order chi connectivity index (χ1) is 11.7. The van der Waals surface area contributed by atoms with Gasteiger partial charge >= 0.3 is 0 Å². The van der Waals surface area contributed by atoms with Crippen molar-refractivity contribution in [3.63, 3.8) is 0 Å². The third kappa shape index (κ3) is 2.96. The van der Waals surface area contributed by atoms with Gasteiger partial charge in [-0.3, -0.25) is 4.79 Å². The molecule has 2 aliphatic rings. The van der Waals surface area contributed by atoms with E-state index in [0.717, 1.165) is 57.0 Å². The Morgan fingerprint density at radius 1 is 1.25 bits per heavy atom. The molecular weight excluding hydrogens is 322 g/mol. The number of nitrogens with zero attached hydrogens (tertiary/aromatic N) is 4. The van der Waals surface area contributed by atoms with Crippen molar-refractivity contribution in [3.8, 4) is 0 Å². The Balaban J connectivity index is 1.37. The van der Waals surface area contributed by atoms with Crippen molar-refractivity contribution in [2.75, 3.05) is 36.8 Å². The van der Waals surface area contributed by atoms with Crippen LogP contribution in [0.25, 0.3) is 0 Å². The Kier molecular flexibility index (Phi) is 4.10. The van der Waals surface area contributed by atoms with Crippen molar-refractivity contribution >= 4 is 28.2 Å². The molecule has 0 bridgehead atoms. The normalized spacial score (nSPS) is 20.8. The lowest BCUT2D eigenvalue weighted by Crippen LogP contribution is -2.51. The molecule has 0 spiro atoms. The van der Waals surface area contributed by atoms with Gasteiger partial charge in [0.2, 0.25) is 5.91 Å². The summed E-state index contributed by atoms with van der Waals surface area (Å²) < 4.78 is 0. The number of fused-ring (bicyclic) bond motifs is 1.